The number of nitrogens with one attached hydrogen (secondary N) is 2. The molecule has 1 amide bonds. The van der Waals surface area contributed by atoms with Gasteiger partial charge in [0.05, 0.1) is 18.0 Å². The summed E-state index contributed by atoms with van der Waals surface area (Å²) < 4.78 is 29.9. The van der Waals surface area contributed by atoms with E-state index in [2.05, 4.69) is 15.0 Å². The van der Waals surface area contributed by atoms with E-state index in [0.717, 1.165) is 23.2 Å². The van der Waals surface area contributed by atoms with Gasteiger partial charge in [-0.2, -0.15) is 0 Å². The molecule has 0 atom stereocenters. The van der Waals surface area contributed by atoms with Crippen LogP contribution in [0.25, 0.3) is 0 Å². The molecule has 8 nitrogen and oxygen atoms in total. The molecule has 0 aliphatic carbocycles. The fourth-order valence-electron chi connectivity index (χ4n) is 2.03. The number of carbonyl (C=O) groups excluding carboxylic acids is 2. The predicted molar refractivity (Wildman–Crippen MR) is 95.7 cm³/mol. The molecule has 134 valence electrons. The number of benzene rings is 1. The zero-order valence-corrected chi connectivity index (χ0v) is 15.5. The van der Waals surface area contributed by atoms with Crippen LogP contribution in [0.3, 0.4) is 0 Å². The number of hydrogen-bond donors (Lipinski definition) is 2. The van der Waals surface area contributed by atoms with E-state index in [4.69, 9.17) is 4.74 Å². The van der Waals surface area contributed by atoms with Crippen molar-refractivity contribution >= 4 is 43.4 Å². The molecule has 0 radical (unpaired) electrons. The molecule has 0 saturated carbocycles. The Morgan fingerprint density at radius 2 is 2.04 bits per heavy atom. The van der Waals surface area contributed by atoms with Crippen LogP contribution in [0, 0.1) is 0 Å². The van der Waals surface area contributed by atoms with E-state index in [0.29, 0.717) is 6.42 Å². The zero-order valence-electron chi connectivity index (χ0n) is 13.8. The first kappa shape index (κ1) is 18.9. The molecular weight excluding hydrogens is 366 g/mol. The molecule has 0 saturated heterocycles. The standard InChI is InChI=1S/C15H17N3O5S2/c1-4-10-6-5-7-11(13(10)23-9(2)19)14(20)17-15-16-8-12(24-15)18-25(3,21)22/h5-8,18H,4H2,1-3H3,(H,16,17,20). The maximum atomic E-state index is 12.5. The first-order chi connectivity index (χ1) is 11.7. The Morgan fingerprint density at radius 3 is 2.64 bits per heavy atom. The first-order valence-corrected chi connectivity index (χ1v) is 9.95. The third-order valence-electron chi connectivity index (χ3n) is 2.98. The normalized spacial score (nSPS) is 11.0. The number of aromatic nitrogens is 1. The van der Waals surface area contributed by atoms with Crippen molar-refractivity contribution in [2.45, 2.75) is 20.3 Å². The molecule has 1 heterocycles. The zero-order chi connectivity index (χ0) is 18.6. The Hall–Kier alpha value is -2.46. The second kappa shape index (κ2) is 7.62. The minimum atomic E-state index is -3.42. The van der Waals surface area contributed by atoms with Gasteiger partial charge in [0.15, 0.2) is 5.13 Å². The average molecular weight is 383 g/mol. The van der Waals surface area contributed by atoms with Gasteiger partial charge in [-0.25, -0.2) is 13.4 Å². The maximum absolute atomic E-state index is 12.5. The smallest absolute Gasteiger partial charge is 0.308 e. The number of thiazole rings is 1. The molecular formula is C15H17N3O5S2. The van der Waals surface area contributed by atoms with E-state index in [1.54, 1.807) is 12.1 Å². The summed E-state index contributed by atoms with van der Waals surface area (Å²) in [6.45, 7) is 3.14. The van der Waals surface area contributed by atoms with Gasteiger partial charge in [-0.1, -0.05) is 30.4 Å². The van der Waals surface area contributed by atoms with Crippen LogP contribution < -0.4 is 14.8 Å². The first-order valence-electron chi connectivity index (χ1n) is 7.25. The van der Waals surface area contributed by atoms with Gasteiger partial charge in [0, 0.05) is 6.92 Å². The van der Waals surface area contributed by atoms with Crippen molar-refractivity contribution in [2.24, 2.45) is 0 Å². The molecule has 2 rings (SSSR count). The van der Waals surface area contributed by atoms with Crippen molar-refractivity contribution < 1.29 is 22.7 Å². The van der Waals surface area contributed by atoms with Crippen LogP contribution >= 0.6 is 11.3 Å². The molecule has 0 spiro atoms. The fourth-order valence-corrected chi connectivity index (χ4v) is 3.63. The highest BCUT2D eigenvalue weighted by atomic mass is 32.2. The molecule has 2 aromatic rings. The summed E-state index contributed by atoms with van der Waals surface area (Å²) in [5, 5.41) is 3.06. The molecule has 0 unspecified atom stereocenters. The number of esters is 1. The lowest BCUT2D eigenvalue weighted by Gasteiger charge is -2.12. The van der Waals surface area contributed by atoms with Crippen LogP contribution in [-0.2, 0) is 21.2 Å². The van der Waals surface area contributed by atoms with Gasteiger partial charge >= 0.3 is 5.97 Å². The highest BCUT2D eigenvalue weighted by Gasteiger charge is 2.18. The summed E-state index contributed by atoms with van der Waals surface area (Å²) in [5.41, 5.74) is 0.920. The van der Waals surface area contributed by atoms with E-state index in [1.807, 2.05) is 6.92 Å². The van der Waals surface area contributed by atoms with Crippen LogP contribution in [0.1, 0.15) is 29.8 Å². The van der Waals surface area contributed by atoms with Crippen LogP contribution in [-0.4, -0.2) is 31.5 Å². The molecule has 2 N–H and O–H groups in total. The summed E-state index contributed by atoms with van der Waals surface area (Å²) >= 11 is 0.971. The monoisotopic (exact) mass is 383 g/mol. The van der Waals surface area contributed by atoms with E-state index in [9.17, 15) is 18.0 Å². The Morgan fingerprint density at radius 1 is 1.32 bits per heavy atom. The Labute approximate surface area is 149 Å². The Bertz CT molecular complexity index is 906. The van der Waals surface area contributed by atoms with Gasteiger partial charge in [-0.15, -0.1) is 0 Å². The SMILES string of the molecule is CCc1cccc(C(=O)Nc2ncc(NS(C)(=O)=O)s2)c1OC(C)=O. The summed E-state index contributed by atoms with van der Waals surface area (Å²) in [6.07, 6.45) is 2.91. The number of amides is 1. The van der Waals surface area contributed by atoms with Crippen LogP contribution in [0.15, 0.2) is 24.4 Å². The lowest BCUT2D eigenvalue weighted by atomic mass is 10.1. The number of para-hydroxylation sites is 1. The number of sulfonamides is 1. The van der Waals surface area contributed by atoms with E-state index in [-0.39, 0.29) is 21.4 Å². The minimum Gasteiger partial charge on any atom is -0.426 e. The Balaban J connectivity index is 2.25. The fraction of sp³-hybridized carbons (Fsp3) is 0.267. The lowest BCUT2D eigenvalue weighted by Crippen LogP contribution is -2.16. The summed E-state index contributed by atoms with van der Waals surface area (Å²) in [7, 11) is -3.42. The highest BCUT2D eigenvalue weighted by molar-refractivity contribution is 7.92. The molecule has 25 heavy (non-hydrogen) atoms. The van der Waals surface area contributed by atoms with Gasteiger partial charge < -0.3 is 4.74 Å². The van der Waals surface area contributed by atoms with Gasteiger partial charge in [0.25, 0.3) is 5.91 Å². The van der Waals surface area contributed by atoms with Gasteiger partial charge in [-0.05, 0) is 18.1 Å². The van der Waals surface area contributed by atoms with Gasteiger partial charge in [0.1, 0.15) is 10.8 Å². The van der Waals surface area contributed by atoms with E-state index >= 15 is 0 Å². The number of anilines is 2. The number of ether oxygens (including phenoxy) is 1. The average Bonchev–Trinajstić information content (AvgIpc) is 2.91. The van der Waals surface area contributed by atoms with Crippen LogP contribution in [0.2, 0.25) is 0 Å². The maximum Gasteiger partial charge on any atom is 0.308 e. The lowest BCUT2D eigenvalue weighted by molar-refractivity contribution is -0.131. The third kappa shape index (κ3) is 5.26. The van der Waals surface area contributed by atoms with Crippen LogP contribution in [0.5, 0.6) is 5.75 Å². The van der Waals surface area contributed by atoms with Crippen molar-refractivity contribution in [1.29, 1.82) is 0 Å². The molecule has 10 heteroatoms. The Kier molecular flexibility index (Phi) is 5.75. The predicted octanol–water partition coefficient (Wildman–Crippen LogP) is 2.25. The van der Waals surface area contributed by atoms with E-state index < -0.39 is 21.9 Å². The van der Waals surface area contributed by atoms with Crippen molar-refractivity contribution in [2.75, 3.05) is 16.3 Å². The van der Waals surface area contributed by atoms with E-state index in [1.165, 1.54) is 19.2 Å². The van der Waals surface area contributed by atoms with Gasteiger partial charge in [0.2, 0.25) is 10.0 Å². The number of nitrogens with zero attached hydrogens (tertiary/aromatic N) is 1. The minimum absolute atomic E-state index is 0.197. The molecule has 0 aliphatic heterocycles. The van der Waals surface area contributed by atoms with Crippen molar-refractivity contribution in [3.63, 3.8) is 0 Å². The second-order valence-electron chi connectivity index (χ2n) is 5.10. The molecule has 1 aromatic heterocycles. The molecule has 0 aliphatic rings. The molecule has 0 fully saturated rings. The number of rotatable bonds is 6. The van der Waals surface area contributed by atoms with Crippen molar-refractivity contribution in [1.82, 2.24) is 4.98 Å². The third-order valence-corrected chi connectivity index (χ3v) is 4.53. The second-order valence-corrected chi connectivity index (χ2v) is 7.88. The number of hydrogen-bond acceptors (Lipinski definition) is 7. The largest absolute Gasteiger partial charge is 0.426 e. The van der Waals surface area contributed by atoms with Gasteiger partial charge in [-0.3, -0.25) is 19.6 Å². The summed E-state index contributed by atoms with van der Waals surface area (Å²) in [6, 6.07) is 5.00. The summed E-state index contributed by atoms with van der Waals surface area (Å²) in [4.78, 5) is 27.8. The summed E-state index contributed by atoms with van der Waals surface area (Å²) in [5.74, 6) is -0.823. The topological polar surface area (TPSA) is 114 Å². The van der Waals surface area contributed by atoms with Crippen molar-refractivity contribution in [3.8, 4) is 5.75 Å². The quantitative estimate of drug-likeness (QED) is 0.584. The molecule has 0 bridgehead atoms. The van der Waals surface area contributed by atoms with Crippen molar-refractivity contribution in [3.05, 3.63) is 35.5 Å². The molecule has 1 aromatic carbocycles. The highest BCUT2D eigenvalue weighted by Crippen LogP contribution is 2.28. The number of carbonyl (C=O) groups is 2. The number of aryl methyl sites for hydroxylation is 1. The van der Waals surface area contributed by atoms with Crippen LogP contribution in [0.4, 0.5) is 10.1 Å².